The smallest absolute Gasteiger partial charge is 0.221 e. The third-order valence-corrected chi connectivity index (χ3v) is 3.10. The molecular weight excluding hydrogens is 304 g/mol. The molecule has 0 fully saturated rings. The van der Waals surface area contributed by atoms with Crippen molar-refractivity contribution in [3.05, 3.63) is 65.7 Å². The second kappa shape index (κ2) is 8.30. The molecule has 0 radical (unpaired) electrons. The summed E-state index contributed by atoms with van der Waals surface area (Å²) < 4.78 is 5.14. The highest BCUT2D eigenvalue weighted by molar-refractivity contribution is 6.06. The van der Waals surface area contributed by atoms with Gasteiger partial charge in [0, 0.05) is 18.2 Å². The van der Waals surface area contributed by atoms with Crippen molar-refractivity contribution < 1.29 is 14.3 Å². The molecule has 2 aromatic carbocycles. The fourth-order valence-corrected chi connectivity index (χ4v) is 1.98. The van der Waals surface area contributed by atoms with Gasteiger partial charge in [-0.25, -0.2) is 0 Å². The average molecular weight is 320 g/mol. The predicted octanol–water partition coefficient (Wildman–Crippen LogP) is 3.44. The summed E-state index contributed by atoms with van der Waals surface area (Å²) in [4.78, 5) is 23.1. The summed E-state index contributed by atoms with van der Waals surface area (Å²) in [6.45, 7) is 1.42. The number of ether oxygens (including phenoxy) is 1. The Balaban J connectivity index is 1.99. The molecule has 5 nitrogen and oxygen atoms in total. The molecule has 0 aliphatic rings. The van der Waals surface area contributed by atoms with E-state index in [1.807, 2.05) is 18.2 Å². The van der Waals surface area contributed by atoms with Crippen molar-refractivity contribution in [1.29, 1.82) is 5.26 Å². The maximum atomic E-state index is 12.1. The zero-order valence-electron chi connectivity index (χ0n) is 13.2. The number of rotatable bonds is 6. The molecule has 5 heteroatoms. The van der Waals surface area contributed by atoms with E-state index in [1.54, 1.807) is 42.5 Å². The molecule has 0 aromatic heterocycles. The van der Waals surface area contributed by atoms with Gasteiger partial charge in [0.2, 0.25) is 5.91 Å². The minimum atomic E-state index is -0.132. The molecule has 1 amide bonds. The first-order valence-corrected chi connectivity index (χ1v) is 7.28. The van der Waals surface area contributed by atoms with Crippen LogP contribution in [0.1, 0.15) is 22.8 Å². The van der Waals surface area contributed by atoms with Crippen molar-refractivity contribution in [1.82, 2.24) is 0 Å². The highest BCUT2D eigenvalue weighted by Gasteiger charge is 2.02. The van der Waals surface area contributed by atoms with Gasteiger partial charge in [-0.2, -0.15) is 5.26 Å². The molecule has 0 heterocycles. The Kier molecular flexibility index (Phi) is 5.87. The Labute approximate surface area is 140 Å². The number of benzene rings is 2. The number of carbonyl (C=O) groups excluding carboxylic acids is 2. The van der Waals surface area contributed by atoms with Crippen molar-refractivity contribution in [2.24, 2.45) is 0 Å². The molecular formula is C19H16N2O3. The minimum absolute atomic E-state index is 0.0261. The molecule has 0 aliphatic carbocycles. The van der Waals surface area contributed by atoms with E-state index in [0.29, 0.717) is 17.0 Å². The zero-order valence-corrected chi connectivity index (χ0v) is 13.2. The summed E-state index contributed by atoms with van der Waals surface area (Å²) in [6, 6.07) is 15.7. The van der Waals surface area contributed by atoms with Crippen LogP contribution >= 0.6 is 0 Å². The van der Waals surface area contributed by atoms with Gasteiger partial charge in [0.15, 0.2) is 12.4 Å². The number of allylic oxidation sites excluding steroid dienone is 1. The highest BCUT2D eigenvalue weighted by atomic mass is 16.5. The Morgan fingerprint density at radius 3 is 2.38 bits per heavy atom. The highest BCUT2D eigenvalue weighted by Crippen LogP contribution is 2.14. The van der Waals surface area contributed by atoms with Gasteiger partial charge in [0.25, 0.3) is 0 Å². The third kappa shape index (κ3) is 5.11. The van der Waals surface area contributed by atoms with Gasteiger partial charge in [0.1, 0.15) is 11.8 Å². The predicted molar refractivity (Wildman–Crippen MR) is 91.7 cm³/mol. The van der Waals surface area contributed by atoms with Gasteiger partial charge in [0.05, 0.1) is 0 Å². The van der Waals surface area contributed by atoms with Crippen molar-refractivity contribution in [2.75, 3.05) is 11.9 Å². The van der Waals surface area contributed by atoms with Crippen LogP contribution in [-0.2, 0) is 4.79 Å². The van der Waals surface area contributed by atoms with Gasteiger partial charge in [-0.3, -0.25) is 9.59 Å². The fourth-order valence-electron chi connectivity index (χ4n) is 1.98. The van der Waals surface area contributed by atoms with Crippen LogP contribution < -0.4 is 10.1 Å². The van der Waals surface area contributed by atoms with Crippen LogP contribution in [0.3, 0.4) is 0 Å². The summed E-state index contributed by atoms with van der Waals surface area (Å²) in [5.41, 5.74) is 2.09. The Hall–Kier alpha value is -3.39. The number of carbonyl (C=O) groups is 2. The van der Waals surface area contributed by atoms with Crippen LogP contribution in [0.25, 0.3) is 6.08 Å². The third-order valence-electron chi connectivity index (χ3n) is 3.10. The lowest BCUT2D eigenvalue weighted by atomic mass is 10.1. The van der Waals surface area contributed by atoms with E-state index in [2.05, 4.69) is 5.32 Å². The summed E-state index contributed by atoms with van der Waals surface area (Å²) in [7, 11) is 0. The van der Waals surface area contributed by atoms with E-state index in [4.69, 9.17) is 10.00 Å². The normalized spacial score (nSPS) is 10.2. The molecule has 120 valence electrons. The number of nitriles is 1. The first-order chi connectivity index (χ1) is 11.6. The van der Waals surface area contributed by atoms with E-state index in [1.165, 1.54) is 13.0 Å². The second-order valence-corrected chi connectivity index (χ2v) is 4.97. The standard InChI is InChI=1S/C19H16N2O3/c1-14(22)21-17-7-2-15(3-8-17)4-11-19(23)16-5-9-18(10-6-16)24-13-12-20/h2-11H,13H2,1H3,(H,21,22)/b11-4+. The van der Waals surface area contributed by atoms with Crippen LogP contribution in [0.2, 0.25) is 0 Å². The van der Waals surface area contributed by atoms with Crippen molar-refractivity contribution in [3.8, 4) is 11.8 Å². The zero-order chi connectivity index (χ0) is 17.4. The second-order valence-electron chi connectivity index (χ2n) is 4.97. The topological polar surface area (TPSA) is 79.2 Å². The maximum Gasteiger partial charge on any atom is 0.221 e. The van der Waals surface area contributed by atoms with Crippen molar-refractivity contribution in [2.45, 2.75) is 6.92 Å². The number of nitrogens with zero attached hydrogens (tertiary/aromatic N) is 1. The van der Waals surface area contributed by atoms with Gasteiger partial charge in [-0.15, -0.1) is 0 Å². The lowest BCUT2D eigenvalue weighted by Crippen LogP contribution is -2.05. The number of hydrogen-bond acceptors (Lipinski definition) is 4. The van der Waals surface area contributed by atoms with Crippen LogP contribution in [-0.4, -0.2) is 18.3 Å². The number of anilines is 1. The Morgan fingerprint density at radius 2 is 1.79 bits per heavy atom. The number of nitrogens with one attached hydrogen (secondary N) is 1. The monoisotopic (exact) mass is 320 g/mol. The SMILES string of the molecule is CC(=O)Nc1ccc(/C=C/C(=O)c2ccc(OCC#N)cc2)cc1. The number of hydrogen-bond donors (Lipinski definition) is 1. The molecule has 0 saturated heterocycles. The van der Waals surface area contributed by atoms with Crippen LogP contribution in [0.4, 0.5) is 5.69 Å². The summed E-state index contributed by atoms with van der Waals surface area (Å²) in [6.07, 6.45) is 3.19. The maximum absolute atomic E-state index is 12.1. The van der Waals surface area contributed by atoms with E-state index >= 15 is 0 Å². The molecule has 0 aliphatic heterocycles. The average Bonchev–Trinajstić information content (AvgIpc) is 2.59. The largest absolute Gasteiger partial charge is 0.479 e. The lowest BCUT2D eigenvalue weighted by Gasteiger charge is -2.02. The molecule has 1 N–H and O–H groups in total. The van der Waals surface area contributed by atoms with E-state index in [0.717, 1.165) is 5.56 Å². The fraction of sp³-hybridized carbons (Fsp3) is 0.105. The van der Waals surface area contributed by atoms with Crippen molar-refractivity contribution in [3.63, 3.8) is 0 Å². The molecule has 0 bridgehead atoms. The van der Waals surface area contributed by atoms with Crippen LogP contribution in [0.5, 0.6) is 5.75 Å². The molecule has 0 atom stereocenters. The summed E-state index contributed by atoms with van der Waals surface area (Å²) in [5.74, 6) is 0.286. The molecule has 0 spiro atoms. The molecule has 24 heavy (non-hydrogen) atoms. The van der Waals surface area contributed by atoms with E-state index in [9.17, 15) is 9.59 Å². The van der Waals surface area contributed by atoms with Crippen LogP contribution in [0.15, 0.2) is 54.6 Å². The number of ketones is 1. The molecule has 2 aromatic rings. The number of amides is 1. The van der Waals surface area contributed by atoms with Gasteiger partial charge >= 0.3 is 0 Å². The van der Waals surface area contributed by atoms with E-state index < -0.39 is 0 Å². The summed E-state index contributed by atoms with van der Waals surface area (Å²) >= 11 is 0. The minimum Gasteiger partial charge on any atom is -0.479 e. The Morgan fingerprint density at radius 1 is 1.12 bits per heavy atom. The first-order valence-electron chi connectivity index (χ1n) is 7.28. The van der Waals surface area contributed by atoms with Crippen LogP contribution in [0, 0.1) is 11.3 Å². The van der Waals surface area contributed by atoms with E-state index in [-0.39, 0.29) is 18.3 Å². The van der Waals surface area contributed by atoms with Gasteiger partial charge in [-0.1, -0.05) is 18.2 Å². The molecule has 0 unspecified atom stereocenters. The first kappa shape index (κ1) is 17.0. The van der Waals surface area contributed by atoms with Crippen molar-refractivity contribution >= 4 is 23.5 Å². The molecule has 0 saturated carbocycles. The summed E-state index contributed by atoms with van der Waals surface area (Å²) in [5, 5.41) is 11.1. The molecule has 2 rings (SSSR count). The quantitative estimate of drug-likeness (QED) is 0.653. The lowest BCUT2D eigenvalue weighted by molar-refractivity contribution is -0.114. The van der Waals surface area contributed by atoms with Gasteiger partial charge < -0.3 is 10.1 Å². The van der Waals surface area contributed by atoms with Gasteiger partial charge in [-0.05, 0) is 48.0 Å². The Bertz CT molecular complexity index is 785.